The van der Waals surface area contributed by atoms with Gasteiger partial charge in [-0.15, -0.1) is 0 Å². The van der Waals surface area contributed by atoms with E-state index in [9.17, 15) is 4.79 Å². The van der Waals surface area contributed by atoms with E-state index in [0.717, 1.165) is 11.1 Å². The molecule has 0 N–H and O–H groups in total. The van der Waals surface area contributed by atoms with Crippen molar-refractivity contribution in [3.63, 3.8) is 0 Å². The van der Waals surface area contributed by atoms with Crippen LogP contribution in [0, 0.1) is 0 Å². The first-order valence-electron chi connectivity index (χ1n) is 8.94. The number of Topliss-reactive ketones (excluding diaryl/α,β-unsaturated/α-hetero) is 1. The second-order valence-electron chi connectivity index (χ2n) is 5.44. The van der Waals surface area contributed by atoms with Crippen molar-refractivity contribution in [3.05, 3.63) is 65.2 Å². The van der Waals surface area contributed by atoms with Crippen LogP contribution in [-0.4, -0.2) is 12.5 Å². The Labute approximate surface area is 142 Å². The van der Waals surface area contributed by atoms with Crippen molar-refractivity contribution < 1.29 is 4.79 Å². The summed E-state index contributed by atoms with van der Waals surface area (Å²) >= 11 is 0. The van der Waals surface area contributed by atoms with Gasteiger partial charge in [-0.05, 0) is 12.0 Å². The summed E-state index contributed by atoms with van der Waals surface area (Å²) < 4.78 is 0. The number of fused-ring (bicyclic) bond motifs is 1. The third-order valence-electron chi connectivity index (χ3n) is 4.05. The number of benzene rings is 2. The van der Waals surface area contributed by atoms with Crippen LogP contribution in [0.3, 0.4) is 0 Å². The molecule has 0 radical (unpaired) electrons. The third kappa shape index (κ3) is 5.09. The number of hydrogen-bond donors (Lipinski definition) is 0. The van der Waals surface area contributed by atoms with Crippen LogP contribution in [0.1, 0.15) is 49.2 Å². The lowest BCUT2D eigenvalue weighted by Gasteiger charge is -2.07. The highest BCUT2D eigenvalue weighted by Crippen LogP contribution is 2.16. The van der Waals surface area contributed by atoms with Crippen molar-refractivity contribution in [1.29, 1.82) is 0 Å². The average Bonchev–Trinajstić information content (AvgIpc) is 3.00. The van der Waals surface area contributed by atoms with E-state index < -0.39 is 0 Å². The first-order chi connectivity index (χ1) is 11.2. The lowest BCUT2D eigenvalue weighted by Crippen LogP contribution is -2.23. The van der Waals surface area contributed by atoms with Crippen LogP contribution >= 0.6 is 0 Å². The lowest BCUT2D eigenvalue weighted by molar-refractivity contribution is 0.0993. The van der Waals surface area contributed by atoms with Gasteiger partial charge >= 0.3 is 0 Å². The van der Waals surface area contributed by atoms with Crippen LogP contribution in [0.4, 0.5) is 0 Å². The highest BCUT2D eigenvalue weighted by Gasteiger charge is 2.21. The Morgan fingerprint density at radius 1 is 1.00 bits per heavy atom. The van der Waals surface area contributed by atoms with Gasteiger partial charge in [0.15, 0.2) is 12.5 Å². The largest absolute Gasteiger partial charge is 0.294 e. The average molecular weight is 308 g/mol. The molecular formula is C21H29BO. The van der Waals surface area contributed by atoms with E-state index >= 15 is 0 Å². The van der Waals surface area contributed by atoms with E-state index in [-0.39, 0.29) is 5.78 Å². The van der Waals surface area contributed by atoms with Gasteiger partial charge in [0, 0.05) is 12.0 Å². The zero-order chi connectivity index (χ0) is 17.2. The van der Waals surface area contributed by atoms with E-state index in [1.807, 2.05) is 58.0 Å². The molecule has 0 unspecified atom stereocenters. The van der Waals surface area contributed by atoms with Crippen molar-refractivity contribution in [3.8, 4) is 0 Å². The predicted molar refractivity (Wildman–Crippen MR) is 103 cm³/mol. The van der Waals surface area contributed by atoms with Gasteiger partial charge in [-0.25, -0.2) is 0 Å². The summed E-state index contributed by atoms with van der Waals surface area (Å²) in [5.41, 5.74) is 4.85. The zero-order valence-electron chi connectivity index (χ0n) is 15.2. The number of carbonyl (C=O) groups excluding carboxylic acids is 1. The predicted octanol–water partition coefficient (Wildman–Crippen LogP) is 5.05. The van der Waals surface area contributed by atoms with Gasteiger partial charge in [0.05, 0.1) is 0 Å². The molecule has 0 aromatic heterocycles. The van der Waals surface area contributed by atoms with Gasteiger partial charge in [-0.1, -0.05) is 100 Å². The van der Waals surface area contributed by atoms with Gasteiger partial charge in [-0.2, -0.15) is 0 Å². The highest BCUT2D eigenvalue weighted by atomic mass is 16.1. The molecule has 2 heteroatoms. The van der Waals surface area contributed by atoms with Crippen LogP contribution in [0.15, 0.2) is 48.5 Å². The molecule has 3 rings (SSSR count). The minimum atomic E-state index is 0.200. The summed E-state index contributed by atoms with van der Waals surface area (Å²) in [6.07, 6.45) is 2.93. The monoisotopic (exact) mass is 308 g/mol. The molecule has 2 aromatic carbocycles. The Morgan fingerprint density at radius 3 is 2.30 bits per heavy atom. The SMILES string of the molecule is CB1CCc2ccc(CC(=O)c3ccccc3)cc21.CC.CC. The first kappa shape index (κ1) is 19.2. The molecular weight excluding hydrogens is 279 g/mol. The molecule has 1 nitrogen and oxygen atoms in total. The normalized spacial score (nSPS) is 11.6. The minimum Gasteiger partial charge on any atom is -0.294 e. The van der Waals surface area contributed by atoms with Crippen molar-refractivity contribution in [2.45, 2.75) is 53.7 Å². The van der Waals surface area contributed by atoms with Crippen molar-refractivity contribution in [2.24, 2.45) is 0 Å². The van der Waals surface area contributed by atoms with E-state index in [4.69, 9.17) is 0 Å². The first-order valence-corrected chi connectivity index (χ1v) is 8.94. The summed E-state index contributed by atoms with van der Waals surface area (Å²) in [6, 6.07) is 16.1. The van der Waals surface area contributed by atoms with Gasteiger partial charge in [-0.3, -0.25) is 4.79 Å². The summed E-state index contributed by atoms with van der Waals surface area (Å²) in [4.78, 5) is 12.2. The number of hydrogen-bond acceptors (Lipinski definition) is 1. The number of rotatable bonds is 3. The molecule has 1 heterocycles. The van der Waals surface area contributed by atoms with E-state index in [2.05, 4.69) is 25.0 Å². The molecule has 0 aliphatic carbocycles. The fraction of sp³-hybridized carbons (Fsp3) is 0.381. The minimum absolute atomic E-state index is 0.200. The highest BCUT2D eigenvalue weighted by molar-refractivity contribution is 6.73. The molecule has 2 aromatic rings. The maximum Gasteiger partial charge on any atom is 0.173 e. The molecule has 0 saturated heterocycles. The molecule has 122 valence electrons. The number of ketones is 1. The van der Waals surface area contributed by atoms with Crippen molar-refractivity contribution in [1.82, 2.24) is 0 Å². The zero-order valence-corrected chi connectivity index (χ0v) is 15.2. The molecule has 0 amide bonds. The van der Waals surface area contributed by atoms with Crippen LogP contribution in [0.5, 0.6) is 0 Å². The Bertz CT molecular complexity index is 604. The van der Waals surface area contributed by atoms with Gasteiger partial charge < -0.3 is 0 Å². The Kier molecular flexibility index (Phi) is 8.39. The molecule has 1 aliphatic heterocycles. The summed E-state index contributed by atoms with van der Waals surface area (Å²) in [5.74, 6) is 0.200. The van der Waals surface area contributed by atoms with E-state index in [1.54, 1.807) is 0 Å². The molecule has 23 heavy (non-hydrogen) atoms. The molecule has 0 saturated carbocycles. The maximum atomic E-state index is 12.2. The Morgan fingerprint density at radius 2 is 1.65 bits per heavy atom. The van der Waals surface area contributed by atoms with Gasteiger partial charge in [0.25, 0.3) is 0 Å². The number of aryl methyl sites for hydroxylation is 1. The van der Waals surface area contributed by atoms with Crippen LogP contribution in [0.2, 0.25) is 13.1 Å². The summed E-state index contributed by atoms with van der Waals surface area (Å²) in [6.45, 7) is 10.9. The second-order valence-corrected chi connectivity index (χ2v) is 5.44. The van der Waals surface area contributed by atoms with Gasteiger partial charge in [0.1, 0.15) is 0 Å². The summed E-state index contributed by atoms with van der Waals surface area (Å²) in [7, 11) is 0. The fourth-order valence-corrected chi connectivity index (χ4v) is 2.88. The summed E-state index contributed by atoms with van der Waals surface area (Å²) in [5, 5.41) is 0. The molecule has 0 bridgehead atoms. The molecule has 0 atom stereocenters. The maximum absolute atomic E-state index is 12.2. The lowest BCUT2D eigenvalue weighted by atomic mass is 9.48. The topological polar surface area (TPSA) is 17.1 Å². The molecule has 0 spiro atoms. The fourth-order valence-electron chi connectivity index (χ4n) is 2.88. The van der Waals surface area contributed by atoms with E-state index in [1.165, 1.54) is 23.8 Å². The standard InChI is InChI=1S/C17H17BO.2C2H6/c1-18-10-9-14-8-7-13(11-16(14)18)12-17(19)15-5-3-2-4-6-15;2*1-2/h2-8,11H,9-10,12H2,1H3;2*1-2H3. The third-order valence-corrected chi connectivity index (χ3v) is 4.05. The van der Waals surface area contributed by atoms with Gasteiger partial charge in [0.2, 0.25) is 0 Å². The molecule has 1 aliphatic rings. The van der Waals surface area contributed by atoms with Crippen molar-refractivity contribution >= 4 is 18.0 Å². The second kappa shape index (κ2) is 10.0. The molecule has 0 fully saturated rings. The number of carbonyl (C=O) groups is 1. The Hall–Kier alpha value is -1.83. The smallest absolute Gasteiger partial charge is 0.173 e. The quantitative estimate of drug-likeness (QED) is 0.572. The van der Waals surface area contributed by atoms with Crippen molar-refractivity contribution in [2.75, 3.05) is 0 Å². The van der Waals surface area contributed by atoms with Crippen LogP contribution in [0.25, 0.3) is 0 Å². The van der Waals surface area contributed by atoms with Crippen LogP contribution in [-0.2, 0) is 12.8 Å². The van der Waals surface area contributed by atoms with Crippen LogP contribution < -0.4 is 5.46 Å². The van der Waals surface area contributed by atoms with E-state index in [0.29, 0.717) is 13.1 Å². The Balaban J connectivity index is 0.000000615.